The van der Waals surface area contributed by atoms with Crippen molar-refractivity contribution in [2.45, 2.75) is 53.6 Å². The van der Waals surface area contributed by atoms with Crippen molar-refractivity contribution >= 4 is 11.8 Å². The molecule has 0 aliphatic carbocycles. The average Bonchev–Trinajstić information content (AvgIpc) is 2.40. The zero-order valence-electron chi connectivity index (χ0n) is 15.9. The summed E-state index contributed by atoms with van der Waals surface area (Å²) in [6, 6.07) is 4.85. The van der Waals surface area contributed by atoms with Gasteiger partial charge in [-0.25, -0.2) is 9.78 Å². The van der Waals surface area contributed by atoms with Crippen LogP contribution in [0.5, 0.6) is 0 Å². The second-order valence-electron chi connectivity index (χ2n) is 6.90. The number of pyridine rings is 1. The molecule has 0 unspecified atom stereocenters. The van der Waals surface area contributed by atoms with Gasteiger partial charge in [0, 0.05) is 45.0 Å². The number of aromatic nitrogens is 1. The van der Waals surface area contributed by atoms with Gasteiger partial charge in [-0.05, 0) is 59.2 Å². The Morgan fingerprint density at radius 2 is 1.61 bits per heavy atom. The Bertz CT molecular complexity index is 498. The molecule has 0 atom stereocenters. The van der Waals surface area contributed by atoms with Crippen molar-refractivity contribution in [2.24, 2.45) is 0 Å². The summed E-state index contributed by atoms with van der Waals surface area (Å²) in [5.41, 5.74) is 2.05. The van der Waals surface area contributed by atoms with Crippen LogP contribution >= 0.6 is 0 Å². The summed E-state index contributed by atoms with van der Waals surface area (Å²) < 4.78 is 0. The number of anilines is 1. The molecule has 0 saturated carbocycles. The molecular formula is C18H32N4O. The molecule has 1 heterocycles. The summed E-state index contributed by atoms with van der Waals surface area (Å²) >= 11 is 0. The maximum Gasteiger partial charge on any atom is 0.325 e. The molecule has 0 aromatic carbocycles. The van der Waals surface area contributed by atoms with E-state index >= 15 is 0 Å². The standard InChI is InChI=1S/C18H32N4O/c1-13(2)21(14(3)4)9-10-22(18(23)20(7)8)17-12-15(5)11-16(6)19-17/h11-14H,9-10H2,1-8H3. The van der Waals surface area contributed by atoms with Gasteiger partial charge in [0.25, 0.3) is 0 Å². The van der Waals surface area contributed by atoms with Crippen LogP contribution < -0.4 is 4.90 Å². The van der Waals surface area contributed by atoms with Gasteiger partial charge in [-0.3, -0.25) is 9.80 Å². The van der Waals surface area contributed by atoms with E-state index in [4.69, 9.17) is 0 Å². The van der Waals surface area contributed by atoms with Gasteiger partial charge in [0.2, 0.25) is 0 Å². The molecule has 0 fully saturated rings. The van der Waals surface area contributed by atoms with Crippen LogP contribution in [-0.4, -0.2) is 60.1 Å². The number of aryl methyl sites for hydroxylation is 2. The first-order valence-electron chi connectivity index (χ1n) is 8.33. The Labute approximate surface area is 141 Å². The Balaban J connectivity index is 3.04. The highest BCUT2D eigenvalue weighted by Gasteiger charge is 2.22. The second-order valence-corrected chi connectivity index (χ2v) is 6.90. The van der Waals surface area contributed by atoms with E-state index < -0.39 is 0 Å². The number of urea groups is 1. The van der Waals surface area contributed by atoms with Gasteiger partial charge in [-0.2, -0.15) is 0 Å². The van der Waals surface area contributed by atoms with Crippen LogP contribution in [0, 0.1) is 13.8 Å². The van der Waals surface area contributed by atoms with Gasteiger partial charge in [0.15, 0.2) is 0 Å². The number of carbonyl (C=O) groups is 1. The van der Waals surface area contributed by atoms with E-state index in [1.54, 1.807) is 23.9 Å². The number of rotatable bonds is 6. The molecule has 0 bridgehead atoms. The van der Waals surface area contributed by atoms with Crippen molar-refractivity contribution in [3.63, 3.8) is 0 Å². The fraction of sp³-hybridized carbons (Fsp3) is 0.667. The molecular weight excluding hydrogens is 288 g/mol. The van der Waals surface area contributed by atoms with Crippen LogP contribution in [0.4, 0.5) is 10.6 Å². The van der Waals surface area contributed by atoms with Gasteiger partial charge in [-0.1, -0.05) is 0 Å². The van der Waals surface area contributed by atoms with Crippen molar-refractivity contribution in [3.05, 3.63) is 23.4 Å². The first kappa shape index (κ1) is 19.4. The largest absolute Gasteiger partial charge is 0.330 e. The highest BCUT2D eigenvalue weighted by molar-refractivity contribution is 5.90. The zero-order valence-corrected chi connectivity index (χ0v) is 15.9. The molecule has 5 nitrogen and oxygen atoms in total. The molecule has 23 heavy (non-hydrogen) atoms. The summed E-state index contributed by atoms with van der Waals surface area (Å²) in [4.78, 5) is 22.9. The molecule has 5 heteroatoms. The van der Waals surface area contributed by atoms with E-state index in [2.05, 4.69) is 37.6 Å². The SMILES string of the molecule is Cc1cc(C)nc(N(CCN(C(C)C)C(C)C)C(=O)N(C)C)c1. The number of hydrogen-bond donors (Lipinski definition) is 0. The van der Waals surface area contributed by atoms with E-state index in [0.29, 0.717) is 18.6 Å². The lowest BCUT2D eigenvalue weighted by Gasteiger charge is -2.33. The minimum absolute atomic E-state index is 0.0324. The summed E-state index contributed by atoms with van der Waals surface area (Å²) in [5.74, 6) is 0.730. The average molecular weight is 320 g/mol. The lowest BCUT2D eigenvalue weighted by Crippen LogP contribution is -2.47. The number of amides is 2. The molecule has 0 saturated heterocycles. The summed E-state index contributed by atoms with van der Waals surface area (Å²) in [5, 5.41) is 0. The van der Waals surface area contributed by atoms with Gasteiger partial charge in [-0.15, -0.1) is 0 Å². The van der Waals surface area contributed by atoms with Crippen LogP contribution in [0.2, 0.25) is 0 Å². The van der Waals surface area contributed by atoms with E-state index in [0.717, 1.165) is 23.6 Å². The maximum atomic E-state index is 12.6. The molecule has 1 aromatic rings. The van der Waals surface area contributed by atoms with Crippen molar-refractivity contribution in [1.82, 2.24) is 14.8 Å². The van der Waals surface area contributed by atoms with E-state index in [-0.39, 0.29) is 6.03 Å². The molecule has 0 radical (unpaired) electrons. The van der Waals surface area contributed by atoms with Crippen LogP contribution in [0.1, 0.15) is 39.0 Å². The van der Waals surface area contributed by atoms with Crippen molar-refractivity contribution in [2.75, 3.05) is 32.1 Å². The van der Waals surface area contributed by atoms with Gasteiger partial charge in [0.05, 0.1) is 0 Å². The highest BCUT2D eigenvalue weighted by Crippen LogP contribution is 2.17. The minimum Gasteiger partial charge on any atom is -0.330 e. The number of nitrogens with zero attached hydrogens (tertiary/aromatic N) is 4. The quantitative estimate of drug-likeness (QED) is 0.807. The van der Waals surface area contributed by atoms with Crippen molar-refractivity contribution in [1.29, 1.82) is 0 Å². The van der Waals surface area contributed by atoms with Gasteiger partial charge >= 0.3 is 6.03 Å². The van der Waals surface area contributed by atoms with Gasteiger partial charge < -0.3 is 4.90 Å². The Kier molecular flexibility index (Phi) is 7.01. The zero-order chi connectivity index (χ0) is 17.7. The van der Waals surface area contributed by atoms with Crippen LogP contribution in [-0.2, 0) is 0 Å². The summed E-state index contributed by atoms with van der Waals surface area (Å²) in [6.45, 7) is 14.2. The number of carbonyl (C=O) groups excluding carboxylic acids is 1. The molecule has 1 aromatic heterocycles. The highest BCUT2D eigenvalue weighted by atomic mass is 16.2. The van der Waals surface area contributed by atoms with Crippen molar-refractivity contribution < 1.29 is 4.79 Å². The first-order chi connectivity index (χ1) is 10.6. The predicted octanol–water partition coefficient (Wildman–Crippen LogP) is 3.31. The molecule has 0 aliphatic rings. The summed E-state index contributed by atoms with van der Waals surface area (Å²) in [6.07, 6.45) is 0. The molecule has 0 N–H and O–H groups in total. The van der Waals surface area contributed by atoms with Crippen LogP contribution in [0.3, 0.4) is 0 Å². The fourth-order valence-corrected chi connectivity index (χ4v) is 2.84. The number of hydrogen-bond acceptors (Lipinski definition) is 3. The molecule has 0 spiro atoms. The van der Waals surface area contributed by atoms with E-state index in [9.17, 15) is 4.79 Å². The third kappa shape index (κ3) is 5.50. The summed E-state index contributed by atoms with van der Waals surface area (Å²) in [7, 11) is 3.56. The third-order valence-electron chi connectivity index (χ3n) is 3.88. The fourth-order valence-electron chi connectivity index (χ4n) is 2.84. The maximum absolute atomic E-state index is 12.6. The molecule has 0 aliphatic heterocycles. The predicted molar refractivity (Wildman–Crippen MR) is 97.1 cm³/mol. The van der Waals surface area contributed by atoms with Crippen LogP contribution in [0.15, 0.2) is 12.1 Å². The lowest BCUT2D eigenvalue weighted by molar-refractivity contribution is 0.177. The second kappa shape index (κ2) is 8.29. The third-order valence-corrected chi connectivity index (χ3v) is 3.88. The van der Waals surface area contributed by atoms with Crippen molar-refractivity contribution in [3.8, 4) is 0 Å². The normalized spacial score (nSPS) is 11.4. The van der Waals surface area contributed by atoms with Crippen LogP contribution in [0.25, 0.3) is 0 Å². The molecule has 2 amide bonds. The Hall–Kier alpha value is -1.62. The lowest BCUT2D eigenvalue weighted by atomic mass is 10.2. The smallest absolute Gasteiger partial charge is 0.325 e. The molecule has 130 valence electrons. The topological polar surface area (TPSA) is 39.7 Å². The Morgan fingerprint density at radius 1 is 1.04 bits per heavy atom. The van der Waals surface area contributed by atoms with Gasteiger partial charge in [0.1, 0.15) is 5.82 Å². The minimum atomic E-state index is -0.0324. The monoisotopic (exact) mass is 320 g/mol. The van der Waals surface area contributed by atoms with E-state index in [1.807, 2.05) is 26.0 Å². The Morgan fingerprint density at radius 3 is 2.04 bits per heavy atom. The van der Waals surface area contributed by atoms with E-state index in [1.165, 1.54) is 0 Å². The molecule has 1 rings (SSSR count). The first-order valence-corrected chi connectivity index (χ1v) is 8.33.